The summed E-state index contributed by atoms with van der Waals surface area (Å²) >= 11 is 0. The van der Waals surface area contributed by atoms with Crippen molar-refractivity contribution in [3.63, 3.8) is 0 Å². The number of nitrogens with one attached hydrogen (secondary N) is 1. The zero-order valence-electron chi connectivity index (χ0n) is 9.95. The molecular formula is C12H18N2O2. The molecular weight excluding hydrogens is 204 g/mol. The molecule has 0 saturated heterocycles. The Morgan fingerprint density at radius 1 is 1.56 bits per heavy atom. The Morgan fingerprint density at radius 2 is 2.25 bits per heavy atom. The van der Waals surface area contributed by atoms with Crippen LogP contribution in [0.4, 0.5) is 0 Å². The molecule has 0 aliphatic carbocycles. The highest BCUT2D eigenvalue weighted by molar-refractivity contribution is 5.95. The highest BCUT2D eigenvalue weighted by atomic mass is 16.3. The van der Waals surface area contributed by atoms with Crippen molar-refractivity contribution in [2.24, 2.45) is 0 Å². The van der Waals surface area contributed by atoms with Crippen molar-refractivity contribution in [2.75, 3.05) is 6.61 Å². The minimum absolute atomic E-state index is 0.0549. The number of rotatable bonds is 4. The highest BCUT2D eigenvalue weighted by Gasteiger charge is 2.21. The largest absolute Gasteiger partial charge is 0.396 e. The molecule has 0 fully saturated rings. The van der Waals surface area contributed by atoms with E-state index in [1.165, 1.54) is 0 Å². The Morgan fingerprint density at radius 3 is 2.81 bits per heavy atom. The first-order valence-electron chi connectivity index (χ1n) is 5.31. The molecule has 1 amide bonds. The van der Waals surface area contributed by atoms with Gasteiger partial charge in [0, 0.05) is 24.0 Å². The fourth-order valence-corrected chi connectivity index (χ4v) is 1.44. The molecule has 0 saturated carbocycles. The summed E-state index contributed by atoms with van der Waals surface area (Å²) in [5.74, 6) is -0.149. The van der Waals surface area contributed by atoms with Gasteiger partial charge in [0.25, 0.3) is 5.91 Å². The lowest BCUT2D eigenvalue weighted by atomic mass is 10.0. The van der Waals surface area contributed by atoms with Gasteiger partial charge < -0.3 is 10.4 Å². The molecule has 1 rings (SSSR count). The van der Waals surface area contributed by atoms with E-state index in [1.807, 2.05) is 13.8 Å². The number of hydrogen-bond donors (Lipinski definition) is 2. The molecule has 1 aromatic rings. The summed E-state index contributed by atoms with van der Waals surface area (Å²) < 4.78 is 0. The molecule has 2 N–H and O–H groups in total. The maximum atomic E-state index is 11.9. The molecule has 0 aliphatic rings. The summed E-state index contributed by atoms with van der Waals surface area (Å²) in [6, 6.07) is 3.48. The lowest BCUT2D eigenvalue weighted by Crippen LogP contribution is -2.44. The van der Waals surface area contributed by atoms with Gasteiger partial charge in [0.2, 0.25) is 0 Å². The Balaban J connectivity index is 2.77. The van der Waals surface area contributed by atoms with E-state index in [4.69, 9.17) is 5.11 Å². The van der Waals surface area contributed by atoms with Crippen molar-refractivity contribution in [1.29, 1.82) is 0 Å². The number of aromatic nitrogens is 1. The summed E-state index contributed by atoms with van der Waals surface area (Å²) in [5.41, 5.74) is 0.877. The van der Waals surface area contributed by atoms with Crippen LogP contribution in [0.1, 0.15) is 36.3 Å². The van der Waals surface area contributed by atoms with Gasteiger partial charge in [-0.25, -0.2) is 0 Å². The van der Waals surface area contributed by atoms with Gasteiger partial charge in [0.1, 0.15) is 0 Å². The van der Waals surface area contributed by atoms with Crippen molar-refractivity contribution < 1.29 is 9.90 Å². The van der Waals surface area contributed by atoms with Crippen LogP contribution in [-0.2, 0) is 0 Å². The highest BCUT2D eigenvalue weighted by Crippen LogP contribution is 2.10. The molecule has 1 aromatic heterocycles. The number of carbonyl (C=O) groups excluding carboxylic acids is 1. The monoisotopic (exact) mass is 222 g/mol. The van der Waals surface area contributed by atoms with Crippen molar-refractivity contribution >= 4 is 5.91 Å². The molecule has 88 valence electrons. The average Bonchev–Trinajstić information content (AvgIpc) is 2.17. The smallest absolute Gasteiger partial charge is 0.253 e. The zero-order chi connectivity index (χ0) is 12.2. The molecule has 0 aliphatic heterocycles. The summed E-state index contributed by atoms with van der Waals surface area (Å²) in [5, 5.41) is 11.8. The molecule has 0 spiro atoms. The number of carbonyl (C=O) groups is 1. The van der Waals surface area contributed by atoms with E-state index >= 15 is 0 Å². The van der Waals surface area contributed by atoms with Crippen molar-refractivity contribution in [3.8, 4) is 0 Å². The summed E-state index contributed by atoms with van der Waals surface area (Å²) in [4.78, 5) is 16.0. The first-order valence-corrected chi connectivity index (χ1v) is 5.31. The van der Waals surface area contributed by atoms with Crippen LogP contribution in [-0.4, -0.2) is 28.1 Å². The van der Waals surface area contributed by atoms with Crippen LogP contribution in [0.15, 0.2) is 18.3 Å². The van der Waals surface area contributed by atoms with Crippen molar-refractivity contribution in [2.45, 2.75) is 32.7 Å². The summed E-state index contributed by atoms with van der Waals surface area (Å²) in [7, 11) is 0. The van der Waals surface area contributed by atoms with E-state index in [0.717, 1.165) is 0 Å². The average molecular weight is 222 g/mol. The second-order valence-corrected chi connectivity index (χ2v) is 4.45. The van der Waals surface area contributed by atoms with Crippen LogP contribution in [0.2, 0.25) is 0 Å². The van der Waals surface area contributed by atoms with Gasteiger partial charge >= 0.3 is 0 Å². The third-order valence-corrected chi connectivity index (χ3v) is 2.44. The lowest BCUT2D eigenvalue weighted by Gasteiger charge is -2.25. The first-order chi connectivity index (χ1) is 7.46. The Bertz CT molecular complexity index is 375. The van der Waals surface area contributed by atoms with E-state index in [1.54, 1.807) is 25.3 Å². The minimum Gasteiger partial charge on any atom is -0.396 e. The molecule has 0 bridgehead atoms. The normalized spacial score (nSPS) is 11.2. The van der Waals surface area contributed by atoms with Crippen LogP contribution >= 0.6 is 0 Å². The first kappa shape index (κ1) is 12.6. The Kier molecular flexibility index (Phi) is 4.01. The molecule has 1 heterocycles. The van der Waals surface area contributed by atoms with Crippen LogP contribution in [0.5, 0.6) is 0 Å². The number of aliphatic hydroxyl groups is 1. The third-order valence-electron chi connectivity index (χ3n) is 2.44. The molecule has 0 aromatic carbocycles. The number of aliphatic hydroxyl groups excluding tert-OH is 1. The Hall–Kier alpha value is -1.42. The van der Waals surface area contributed by atoms with E-state index in [9.17, 15) is 4.79 Å². The number of hydrogen-bond acceptors (Lipinski definition) is 3. The molecule has 0 unspecified atom stereocenters. The minimum atomic E-state index is -0.409. The lowest BCUT2D eigenvalue weighted by molar-refractivity contribution is 0.0898. The number of nitrogens with zero attached hydrogens (tertiary/aromatic N) is 1. The molecule has 0 atom stereocenters. The van der Waals surface area contributed by atoms with Crippen LogP contribution in [0.3, 0.4) is 0 Å². The van der Waals surface area contributed by atoms with E-state index in [0.29, 0.717) is 17.7 Å². The van der Waals surface area contributed by atoms with Gasteiger partial charge in [0.05, 0.1) is 5.56 Å². The Labute approximate surface area is 95.7 Å². The molecule has 4 heteroatoms. The van der Waals surface area contributed by atoms with Gasteiger partial charge in [-0.05, 0) is 39.3 Å². The van der Waals surface area contributed by atoms with Crippen LogP contribution in [0.25, 0.3) is 0 Å². The molecule has 16 heavy (non-hydrogen) atoms. The zero-order valence-corrected chi connectivity index (χ0v) is 9.95. The van der Waals surface area contributed by atoms with Crippen molar-refractivity contribution in [3.05, 3.63) is 29.6 Å². The second-order valence-electron chi connectivity index (χ2n) is 4.45. The maximum Gasteiger partial charge on any atom is 0.253 e. The van der Waals surface area contributed by atoms with Crippen LogP contribution < -0.4 is 5.32 Å². The topological polar surface area (TPSA) is 62.2 Å². The quantitative estimate of drug-likeness (QED) is 0.806. The van der Waals surface area contributed by atoms with Gasteiger partial charge in [-0.3, -0.25) is 9.78 Å². The summed E-state index contributed by atoms with van der Waals surface area (Å²) in [6.45, 7) is 5.62. The van der Waals surface area contributed by atoms with Gasteiger partial charge in [-0.2, -0.15) is 0 Å². The van der Waals surface area contributed by atoms with Crippen molar-refractivity contribution in [1.82, 2.24) is 10.3 Å². The third kappa shape index (κ3) is 3.31. The molecule has 4 nitrogen and oxygen atoms in total. The van der Waals surface area contributed by atoms with E-state index in [2.05, 4.69) is 10.3 Å². The van der Waals surface area contributed by atoms with Crippen LogP contribution in [0, 0.1) is 6.92 Å². The number of aryl methyl sites for hydroxylation is 1. The summed E-state index contributed by atoms with van der Waals surface area (Å²) in [6.07, 6.45) is 2.18. The maximum absolute atomic E-state index is 11.9. The van der Waals surface area contributed by atoms with Gasteiger partial charge in [-0.15, -0.1) is 0 Å². The number of amides is 1. The van der Waals surface area contributed by atoms with Gasteiger partial charge in [-0.1, -0.05) is 0 Å². The van der Waals surface area contributed by atoms with E-state index < -0.39 is 5.54 Å². The predicted octanol–water partition coefficient (Wildman–Crippen LogP) is 1.28. The molecule has 0 radical (unpaired) electrons. The number of pyridine rings is 1. The van der Waals surface area contributed by atoms with E-state index in [-0.39, 0.29) is 12.5 Å². The fourth-order valence-electron chi connectivity index (χ4n) is 1.44. The SMILES string of the molecule is Cc1ncccc1C(=O)NC(C)(C)CCO. The standard InChI is InChI=1S/C12H18N2O2/c1-9-10(5-4-7-13-9)11(16)14-12(2,3)6-8-15/h4-5,7,15H,6,8H2,1-3H3,(H,14,16). The second kappa shape index (κ2) is 5.07. The predicted molar refractivity (Wildman–Crippen MR) is 62.2 cm³/mol. The van der Waals surface area contributed by atoms with Gasteiger partial charge in [0.15, 0.2) is 0 Å². The fraction of sp³-hybridized carbons (Fsp3) is 0.500.